The molecule has 0 saturated heterocycles. The predicted molar refractivity (Wildman–Crippen MR) is 101 cm³/mol. The molecular weight excluding hydrogens is 362 g/mol. The summed E-state index contributed by atoms with van der Waals surface area (Å²) in [7, 11) is 0. The average Bonchev–Trinajstić information content (AvgIpc) is 2.96. The molecule has 28 heavy (non-hydrogen) atoms. The van der Waals surface area contributed by atoms with Gasteiger partial charge in [-0.2, -0.15) is 5.26 Å². The van der Waals surface area contributed by atoms with E-state index in [2.05, 4.69) is 25.6 Å². The third-order valence-corrected chi connectivity index (χ3v) is 5.05. The lowest BCUT2D eigenvalue weighted by atomic mass is 9.84. The van der Waals surface area contributed by atoms with Crippen molar-refractivity contribution in [1.82, 2.24) is 10.3 Å². The number of benzene rings is 1. The largest absolute Gasteiger partial charge is 0.353 e. The van der Waals surface area contributed by atoms with E-state index in [1.54, 1.807) is 24.7 Å². The molecule has 2 aromatic rings. The van der Waals surface area contributed by atoms with Crippen LogP contribution in [0, 0.1) is 23.0 Å². The number of aromatic nitrogens is 1. The molecule has 136 valence electrons. The number of rotatable bonds is 1. The summed E-state index contributed by atoms with van der Waals surface area (Å²) in [6.07, 6.45) is 10.4. The van der Waals surface area contributed by atoms with Gasteiger partial charge in [0.05, 0.1) is 17.3 Å². The highest BCUT2D eigenvalue weighted by Gasteiger charge is 2.56. The van der Waals surface area contributed by atoms with E-state index in [0.29, 0.717) is 5.82 Å². The van der Waals surface area contributed by atoms with Gasteiger partial charge >= 0.3 is 0 Å². The summed E-state index contributed by atoms with van der Waals surface area (Å²) in [4.78, 5) is 13.2. The third kappa shape index (κ3) is 2.07. The zero-order valence-corrected chi connectivity index (χ0v) is 14.3. The number of nitrogens with one attached hydrogen (secondary N) is 2. The van der Waals surface area contributed by atoms with E-state index >= 15 is 0 Å². The van der Waals surface area contributed by atoms with Crippen molar-refractivity contribution in [2.24, 2.45) is 9.98 Å². The van der Waals surface area contributed by atoms with Crippen LogP contribution in [0.4, 0.5) is 14.6 Å². The van der Waals surface area contributed by atoms with Crippen molar-refractivity contribution in [2.75, 3.05) is 5.32 Å². The van der Waals surface area contributed by atoms with Crippen molar-refractivity contribution in [1.29, 1.82) is 5.26 Å². The Balaban J connectivity index is 1.74. The Hall–Kier alpha value is -3.86. The number of pyridine rings is 1. The molecule has 2 atom stereocenters. The minimum Gasteiger partial charge on any atom is -0.353 e. The molecule has 3 aliphatic rings. The number of aliphatic imine (C=N–C) groups is 2. The Kier molecular flexibility index (Phi) is 3.25. The maximum absolute atomic E-state index is 14.6. The zero-order valence-electron chi connectivity index (χ0n) is 14.3. The van der Waals surface area contributed by atoms with Gasteiger partial charge in [-0.15, -0.1) is 0 Å². The molecule has 1 aromatic carbocycles. The number of hydrogen-bond acceptors (Lipinski definition) is 6. The second-order valence-corrected chi connectivity index (χ2v) is 6.61. The standard InChI is InChI=1S/C20H12F2N6/c21-14-4-3-13(10-23)15(16(14)22)18-26-19-6-5-12-2-1-8-25-17(12)27-20(19,28-18)11-24-9-7-19/h1-9,11H,(H,25,27)(H,26,28). The molecular formula is C20H12F2N6. The molecule has 0 spiro atoms. The van der Waals surface area contributed by atoms with Gasteiger partial charge < -0.3 is 10.6 Å². The second kappa shape index (κ2) is 5.57. The molecule has 2 N–H and O–H groups in total. The molecule has 1 aromatic heterocycles. The lowest BCUT2D eigenvalue weighted by molar-refractivity contribution is 0.471. The maximum Gasteiger partial charge on any atom is 0.199 e. The smallest absolute Gasteiger partial charge is 0.199 e. The zero-order chi connectivity index (χ0) is 19.4. The van der Waals surface area contributed by atoms with E-state index in [9.17, 15) is 14.0 Å². The number of nitrogens with zero attached hydrogens (tertiary/aromatic N) is 4. The summed E-state index contributed by atoms with van der Waals surface area (Å²) in [5, 5.41) is 15.8. The second-order valence-electron chi connectivity index (χ2n) is 6.61. The third-order valence-electron chi connectivity index (χ3n) is 5.05. The molecule has 0 aliphatic carbocycles. The summed E-state index contributed by atoms with van der Waals surface area (Å²) in [5.41, 5.74) is -1.47. The summed E-state index contributed by atoms with van der Waals surface area (Å²) in [5.74, 6) is -1.55. The lowest BCUT2D eigenvalue weighted by Gasteiger charge is -2.38. The van der Waals surface area contributed by atoms with Crippen molar-refractivity contribution in [3.05, 3.63) is 77.1 Å². The fraction of sp³-hybridized carbons (Fsp3) is 0.100. The van der Waals surface area contributed by atoms with Gasteiger partial charge in [0, 0.05) is 18.0 Å². The average molecular weight is 374 g/mol. The predicted octanol–water partition coefficient (Wildman–Crippen LogP) is 2.75. The Morgan fingerprint density at radius 3 is 2.86 bits per heavy atom. The van der Waals surface area contributed by atoms with Crippen LogP contribution < -0.4 is 10.6 Å². The van der Waals surface area contributed by atoms with E-state index in [1.165, 1.54) is 6.07 Å². The number of nitriles is 1. The van der Waals surface area contributed by atoms with Gasteiger partial charge in [-0.3, -0.25) is 4.99 Å². The summed E-state index contributed by atoms with van der Waals surface area (Å²) >= 11 is 0. The minimum absolute atomic E-state index is 0.0189. The number of hydrogen-bond donors (Lipinski definition) is 2. The van der Waals surface area contributed by atoms with E-state index in [1.807, 2.05) is 30.4 Å². The quantitative estimate of drug-likeness (QED) is 0.804. The van der Waals surface area contributed by atoms with Crippen LogP contribution in [0.1, 0.15) is 16.7 Å². The molecule has 0 radical (unpaired) electrons. The molecule has 0 bridgehead atoms. The van der Waals surface area contributed by atoms with Crippen LogP contribution in [0.2, 0.25) is 0 Å². The van der Waals surface area contributed by atoms with Crippen molar-refractivity contribution < 1.29 is 8.78 Å². The van der Waals surface area contributed by atoms with Crippen LogP contribution in [0.25, 0.3) is 6.08 Å². The van der Waals surface area contributed by atoms with Crippen LogP contribution >= 0.6 is 0 Å². The van der Waals surface area contributed by atoms with Gasteiger partial charge in [0.2, 0.25) is 0 Å². The van der Waals surface area contributed by atoms with Crippen molar-refractivity contribution in [3.8, 4) is 6.07 Å². The van der Waals surface area contributed by atoms with Crippen molar-refractivity contribution in [3.63, 3.8) is 0 Å². The fourth-order valence-corrected chi connectivity index (χ4v) is 3.64. The van der Waals surface area contributed by atoms with Crippen LogP contribution in [0.15, 0.2) is 58.8 Å². The molecule has 6 nitrogen and oxygen atoms in total. The van der Waals surface area contributed by atoms with E-state index in [0.717, 1.165) is 11.6 Å². The number of halogens is 2. The van der Waals surface area contributed by atoms with Gasteiger partial charge in [0.25, 0.3) is 0 Å². The highest BCUT2D eigenvalue weighted by molar-refractivity contribution is 6.07. The van der Waals surface area contributed by atoms with Gasteiger partial charge in [0.15, 0.2) is 17.3 Å². The molecule has 5 rings (SSSR count). The van der Waals surface area contributed by atoms with Crippen LogP contribution in [-0.2, 0) is 0 Å². The molecule has 0 fully saturated rings. The number of fused-ring (bicyclic) bond motifs is 1. The molecule has 4 heterocycles. The molecule has 8 heteroatoms. The summed E-state index contributed by atoms with van der Waals surface area (Å²) in [6.45, 7) is 0. The van der Waals surface area contributed by atoms with Crippen LogP contribution in [0.5, 0.6) is 0 Å². The number of amidine groups is 1. The topological polar surface area (TPSA) is 85.5 Å². The first-order valence-electron chi connectivity index (χ1n) is 8.48. The summed E-state index contributed by atoms with van der Waals surface area (Å²) in [6, 6.07) is 7.77. The number of anilines is 1. The first-order valence-corrected chi connectivity index (χ1v) is 8.48. The highest BCUT2D eigenvalue weighted by Crippen LogP contribution is 2.40. The Morgan fingerprint density at radius 2 is 2.00 bits per heavy atom. The molecule has 0 amide bonds. The van der Waals surface area contributed by atoms with Crippen molar-refractivity contribution in [2.45, 2.75) is 11.2 Å². The highest BCUT2D eigenvalue weighted by atomic mass is 19.2. The Morgan fingerprint density at radius 1 is 1.11 bits per heavy atom. The molecule has 3 aliphatic heterocycles. The van der Waals surface area contributed by atoms with Gasteiger partial charge in [0.1, 0.15) is 23.3 Å². The minimum atomic E-state index is -1.15. The maximum atomic E-state index is 14.6. The van der Waals surface area contributed by atoms with E-state index in [-0.39, 0.29) is 17.0 Å². The first-order chi connectivity index (χ1) is 13.6. The van der Waals surface area contributed by atoms with Crippen LogP contribution in [0.3, 0.4) is 0 Å². The normalized spacial score (nSPS) is 26.1. The van der Waals surface area contributed by atoms with Crippen LogP contribution in [-0.4, -0.2) is 28.2 Å². The van der Waals surface area contributed by atoms with Crippen molar-refractivity contribution >= 4 is 23.9 Å². The SMILES string of the molecule is N#Cc1ccc(F)c(F)c1C1=NC23C=NC=CC2(C=Cc2cccnc2N3)N1. The first kappa shape index (κ1) is 16.3. The van der Waals surface area contributed by atoms with Gasteiger partial charge in [-0.25, -0.2) is 18.8 Å². The Bertz CT molecular complexity index is 1180. The summed E-state index contributed by atoms with van der Waals surface area (Å²) < 4.78 is 28.5. The monoisotopic (exact) mass is 374 g/mol. The Labute approximate surface area is 158 Å². The molecule has 2 unspecified atom stereocenters. The van der Waals surface area contributed by atoms with Gasteiger partial charge in [-0.05, 0) is 36.4 Å². The van der Waals surface area contributed by atoms with Gasteiger partial charge in [-0.1, -0.05) is 6.08 Å². The van der Waals surface area contributed by atoms with E-state index in [4.69, 9.17) is 0 Å². The fourth-order valence-electron chi connectivity index (χ4n) is 3.64. The van der Waals surface area contributed by atoms with E-state index < -0.39 is 22.8 Å². The molecule has 0 saturated carbocycles. The lowest BCUT2D eigenvalue weighted by Crippen LogP contribution is -2.61.